The second-order valence-corrected chi connectivity index (χ2v) is 6.52. The molecule has 0 amide bonds. The number of alkyl halides is 3. The maximum atomic E-state index is 12.8. The number of nitrogens with one attached hydrogen (secondary N) is 1. The van der Waals surface area contributed by atoms with Gasteiger partial charge in [0.2, 0.25) is 0 Å². The Bertz CT molecular complexity index is 768. The van der Waals surface area contributed by atoms with Gasteiger partial charge in [-0.1, -0.05) is 6.07 Å². The van der Waals surface area contributed by atoms with E-state index < -0.39 is 17.7 Å². The van der Waals surface area contributed by atoms with Gasteiger partial charge in [-0.15, -0.1) is 0 Å². The fourth-order valence-corrected chi connectivity index (χ4v) is 3.35. The number of hydrogen-bond donors (Lipinski definition) is 2. The smallest absolute Gasteiger partial charge is 0.416 e. The lowest BCUT2D eigenvalue weighted by Crippen LogP contribution is -2.25. The van der Waals surface area contributed by atoms with Crippen LogP contribution in [0.4, 0.5) is 18.9 Å². The Labute approximate surface area is 143 Å². The highest BCUT2D eigenvalue weighted by Gasteiger charge is 2.30. The number of carbonyl (C=O) groups is 1. The summed E-state index contributed by atoms with van der Waals surface area (Å²) in [6.45, 7) is 0.673. The van der Waals surface area contributed by atoms with Crippen molar-refractivity contribution in [3.05, 3.63) is 36.0 Å². The molecule has 0 atom stereocenters. The minimum Gasteiger partial charge on any atom is -0.481 e. The average molecular weight is 352 g/mol. The molecule has 1 fully saturated rings. The van der Waals surface area contributed by atoms with Crippen LogP contribution < -0.4 is 5.32 Å². The van der Waals surface area contributed by atoms with Gasteiger partial charge in [0.05, 0.1) is 17.0 Å². The summed E-state index contributed by atoms with van der Waals surface area (Å²) in [6, 6.07) is 5.30. The molecule has 0 spiro atoms. The maximum absolute atomic E-state index is 12.8. The second kappa shape index (κ2) is 6.90. The van der Waals surface area contributed by atoms with Gasteiger partial charge in [0.15, 0.2) is 0 Å². The summed E-state index contributed by atoms with van der Waals surface area (Å²) < 4.78 is 38.4. The van der Waals surface area contributed by atoms with E-state index >= 15 is 0 Å². The van der Waals surface area contributed by atoms with Crippen LogP contribution in [-0.4, -0.2) is 22.6 Å². The summed E-state index contributed by atoms with van der Waals surface area (Å²) in [4.78, 5) is 15.0. The molecule has 1 aliphatic rings. The number of aromatic nitrogens is 1. The highest BCUT2D eigenvalue weighted by atomic mass is 19.4. The van der Waals surface area contributed by atoms with E-state index in [1.54, 1.807) is 6.07 Å². The molecular formula is C18H19F3N2O2. The molecule has 1 aliphatic carbocycles. The predicted molar refractivity (Wildman–Crippen MR) is 88.3 cm³/mol. The van der Waals surface area contributed by atoms with Crippen molar-refractivity contribution in [1.82, 2.24) is 4.98 Å². The molecule has 0 radical (unpaired) electrons. The number of carboxylic acid groups (broad SMARTS) is 1. The van der Waals surface area contributed by atoms with Crippen LogP contribution in [0.25, 0.3) is 10.9 Å². The van der Waals surface area contributed by atoms with Gasteiger partial charge in [-0.3, -0.25) is 9.78 Å². The van der Waals surface area contributed by atoms with Gasteiger partial charge >= 0.3 is 12.1 Å². The molecule has 0 aliphatic heterocycles. The van der Waals surface area contributed by atoms with Crippen LogP contribution >= 0.6 is 0 Å². The van der Waals surface area contributed by atoms with Gasteiger partial charge in [-0.25, -0.2) is 0 Å². The van der Waals surface area contributed by atoms with E-state index in [1.165, 1.54) is 12.3 Å². The molecule has 2 aromatic rings. The zero-order chi connectivity index (χ0) is 18.0. The molecule has 1 aromatic carbocycles. The van der Waals surface area contributed by atoms with Crippen molar-refractivity contribution in [2.75, 3.05) is 11.9 Å². The lowest BCUT2D eigenvalue weighted by atomic mass is 9.82. The SMILES string of the molecule is O=C(O)C1CCC(CNc2ccnc3cc(C(F)(F)F)ccc23)CC1. The number of nitrogens with zero attached hydrogens (tertiary/aromatic N) is 1. The summed E-state index contributed by atoms with van der Waals surface area (Å²) in [7, 11) is 0. The first-order valence-corrected chi connectivity index (χ1v) is 8.27. The molecule has 25 heavy (non-hydrogen) atoms. The normalized spacial score (nSPS) is 21.2. The minimum atomic E-state index is -4.39. The van der Waals surface area contributed by atoms with Crippen LogP contribution in [0.15, 0.2) is 30.5 Å². The van der Waals surface area contributed by atoms with Gasteiger partial charge < -0.3 is 10.4 Å². The van der Waals surface area contributed by atoms with Gasteiger partial charge in [0, 0.05) is 23.8 Å². The van der Waals surface area contributed by atoms with E-state index in [1.807, 2.05) is 0 Å². The highest BCUT2D eigenvalue weighted by Crippen LogP contribution is 2.33. The monoisotopic (exact) mass is 352 g/mol. The fourth-order valence-electron chi connectivity index (χ4n) is 3.35. The van der Waals surface area contributed by atoms with Crippen LogP contribution in [0.1, 0.15) is 31.2 Å². The molecule has 1 heterocycles. The van der Waals surface area contributed by atoms with Crippen LogP contribution in [0.2, 0.25) is 0 Å². The number of aliphatic carboxylic acids is 1. The average Bonchev–Trinajstić information content (AvgIpc) is 2.59. The van der Waals surface area contributed by atoms with Crippen molar-refractivity contribution in [3.63, 3.8) is 0 Å². The number of fused-ring (bicyclic) bond motifs is 1. The zero-order valence-corrected chi connectivity index (χ0v) is 13.5. The van der Waals surface area contributed by atoms with Crippen molar-refractivity contribution in [3.8, 4) is 0 Å². The largest absolute Gasteiger partial charge is 0.481 e. The van der Waals surface area contributed by atoms with E-state index in [0.29, 0.717) is 36.2 Å². The van der Waals surface area contributed by atoms with Crippen molar-refractivity contribution in [2.45, 2.75) is 31.9 Å². The maximum Gasteiger partial charge on any atom is 0.416 e. The number of anilines is 1. The molecule has 4 nitrogen and oxygen atoms in total. The van der Waals surface area contributed by atoms with Gasteiger partial charge in [-0.2, -0.15) is 13.2 Å². The Kier molecular flexibility index (Phi) is 4.83. The number of benzene rings is 1. The number of pyridine rings is 1. The third-order valence-electron chi connectivity index (χ3n) is 4.85. The summed E-state index contributed by atoms with van der Waals surface area (Å²) >= 11 is 0. The van der Waals surface area contributed by atoms with Gasteiger partial charge in [0.1, 0.15) is 0 Å². The lowest BCUT2D eigenvalue weighted by molar-refractivity contribution is -0.143. The summed E-state index contributed by atoms with van der Waals surface area (Å²) in [6.07, 6.45) is 0.131. The van der Waals surface area contributed by atoms with Gasteiger partial charge in [-0.05, 0) is 49.8 Å². The molecule has 1 aromatic heterocycles. The first-order chi connectivity index (χ1) is 11.8. The van der Waals surface area contributed by atoms with Crippen LogP contribution in [0.3, 0.4) is 0 Å². The summed E-state index contributed by atoms with van der Waals surface area (Å²) in [5.41, 5.74) is 0.338. The van der Waals surface area contributed by atoms with Crippen molar-refractivity contribution >= 4 is 22.6 Å². The fraction of sp³-hybridized carbons (Fsp3) is 0.444. The Morgan fingerprint density at radius 2 is 1.92 bits per heavy atom. The molecule has 0 saturated heterocycles. The van der Waals surface area contributed by atoms with E-state index in [4.69, 9.17) is 5.11 Å². The van der Waals surface area contributed by atoms with Gasteiger partial charge in [0.25, 0.3) is 0 Å². The highest BCUT2D eigenvalue weighted by molar-refractivity contribution is 5.91. The van der Waals surface area contributed by atoms with Crippen molar-refractivity contribution in [2.24, 2.45) is 11.8 Å². The third-order valence-corrected chi connectivity index (χ3v) is 4.85. The molecule has 2 N–H and O–H groups in total. The number of carboxylic acids is 1. The van der Waals surface area contributed by atoms with E-state index in [-0.39, 0.29) is 5.92 Å². The number of hydrogen-bond acceptors (Lipinski definition) is 3. The third kappa shape index (κ3) is 4.03. The first-order valence-electron chi connectivity index (χ1n) is 8.27. The van der Waals surface area contributed by atoms with E-state index in [2.05, 4.69) is 10.3 Å². The molecule has 0 bridgehead atoms. The van der Waals surface area contributed by atoms with E-state index in [0.717, 1.165) is 30.7 Å². The Hall–Kier alpha value is -2.31. The molecular weight excluding hydrogens is 333 g/mol. The number of halogens is 3. The molecule has 0 unspecified atom stereocenters. The quantitative estimate of drug-likeness (QED) is 0.847. The minimum absolute atomic E-state index is 0.251. The molecule has 3 rings (SSSR count). The lowest BCUT2D eigenvalue weighted by Gasteiger charge is -2.26. The summed E-state index contributed by atoms with van der Waals surface area (Å²) in [5, 5.41) is 13.0. The Morgan fingerprint density at radius 3 is 2.56 bits per heavy atom. The standard InChI is InChI=1S/C18H19F3N2O2/c19-18(20,21)13-5-6-14-15(7-8-22-16(14)9-13)23-10-11-1-3-12(4-2-11)17(24)25/h5-9,11-12H,1-4,10H2,(H,22,23)(H,24,25). The van der Waals surface area contributed by atoms with Crippen LogP contribution in [-0.2, 0) is 11.0 Å². The van der Waals surface area contributed by atoms with Crippen molar-refractivity contribution < 1.29 is 23.1 Å². The van der Waals surface area contributed by atoms with E-state index in [9.17, 15) is 18.0 Å². The Balaban J connectivity index is 1.69. The molecule has 7 heteroatoms. The van der Waals surface area contributed by atoms with Crippen molar-refractivity contribution in [1.29, 1.82) is 0 Å². The molecule has 134 valence electrons. The second-order valence-electron chi connectivity index (χ2n) is 6.52. The Morgan fingerprint density at radius 1 is 1.20 bits per heavy atom. The summed E-state index contributed by atoms with van der Waals surface area (Å²) in [5.74, 6) is -0.612. The number of rotatable bonds is 4. The first kappa shape index (κ1) is 17.5. The van der Waals surface area contributed by atoms with Crippen LogP contribution in [0.5, 0.6) is 0 Å². The topological polar surface area (TPSA) is 62.2 Å². The predicted octanol–water partition coefficient (Wildman–Crippen LogP) is 4.56. The zero-order valence-electron chi connectivity index (χ0n) is 13.5. The van der Waals surface area contributed by atoms with Crippen LogP contribution in [0, 0.1) is 11.8 Å². The molecule has 1 saturated carbocycles.